The van der Waals surface area contributed by atoms with Crippen LogP contribution in [0.5, 0.6) is 0 Å². The normalized spacial score (nSPS) is 10.9. The molecule has 0 aliphatic carbocycles. The van der Waals surface area contributed by atoms with E-state index in [0.717, 1.165) is 0 Å². The van der Waals surface area contributed by atoms with Crippen molar-refractivity contribution in [3.63, 3.8) is 0 Å². The van der Waals surface area contributed by atoms with Crippen LogP contribution in [-0.4, -0.2) is 17.5 Å². The minimum absolute atomic E-state index is 0.166. The number of rotatable bonds is 5. The van der Waals surface area contributed by atoms with E-state index in [1.807, 2.05) is 5.41 Å². The van der Waals surface area contributed by atoms with Gasteiger partial charge in [0, 0.05) is 0 Å². The van der Waals surface area contributed by atoms with Gasteiger partial charge in [-0.15, -0.1) is 11.8 Å². The Morgan fingerprint density at radius 2 is 2.33 bits per heavy atom. The molecule has 0 rings (SSSR count). The summed E-state index contributed by atoms with van der Waals surface area (Å²) >= 11 is 1.76. The first-order valence-corrected chi connectivity index (χ1v) is 4.34. The number of aliphatic hydroxyl groups excluding tert-OH is 1. The molecule has 1 nitrogen and oxygen atoms in total. The fourth-order valence-corrected chi connectivity index (χ4v) is 1.22. The molecule has 0 radical (unpaired) electrons. The Morgan fingerprint density at radius 1 is 1.56 bits per heavy atom. The third-order valence-electron chi connectivity index (χ3n) is 0.914. The second kappa shape index (κ2) is 8.05. The summed E-state index contributed by atoms with van der Waals surface area (Å²) < 4.78 is 0. The van der Waals surface area contributed by atoms with Gasteiger partial charge in [0.05, 0.1) is 6.61 Å². The van der Waals surface area contributed by atoms with Crippen LogP contribution in [0.4, 0.5) is 0 Å². The van der Waals surface area contributed by atoms with Crippen LogP contribution >= 0.6 is 11.8 Å². The van der Waals surface area contributed by atoms with Crippen molar-refractivity contribution in [1.82, 2.24) is 0 Å². The van der Waals surface area contributed by atoms with Crippen molar-refractivity contribution in [3.8, 4) is 0 Å². The van der Waals surface area contributed by atoms with Crippen molar-refractivity contribution in [3.05, 3.63) is 11.5 Å². The standard InChI is InChI=1S/C7H14OS/c1-2-3-6-9-7-4-5-8/h4,7-8H,2-3,5-6H2,1H3/b7-4-. The molecule has 0 aliphatic heterocycles. The lowest BCUT2D eigenvalue weighted by molar-refractivity contribution is 0.343. The van der Waals surface area contributed by atoms with E-state index in [1.54, 1.807) is 17.8 Å². The van der Waals surface area contributed by atoms with E-state index in [9.17, 15) is 0 Å². The molecular weight excluding hydrogens is 132 g/mol. The Labute approximate surface area is 61.2 Å². The largest absolute Gasteiger partial charge is 0.392 e. The fourth-order valence-electron chi connectivity index (χ4n) is 0.407. The maximum atomic E-state index is 8.32. The predicted octanol–water partition coefficient (Wildman–Crippen LogP) is 2.03. The second-order valence-corrected chi connectivity index (χ2v) is 2.79. The molecule has 0 aliphatic rings. The highest BCUT2D eigenvalue weighted by Crippen LogP contribution is 2.04. The molecule has 0 fully saturated rings. The van der Waals surface area contributed by atoms with Crippen LogP contribution in [0, 0.1) is 0 Å². The molecule has 1 N–H and O–H groups in total. The maximum Gasteiger partial charge on any atom is 0.0620 e. The van der Waals surface area contributed by atoms with Crippen molar-refractivity contribution in [1.29, 1.82) is 0 Å². The van der Waals surface area contributed by atoms with Gasteiger partial charge in [-0.1, -0.05) is 19.4 Å². The van der Waals surface area contributed by atoms with E-state index in [4.69, 9.17) is 5.11 Å². The maximum absolute atomic E-state index is 8.32. The van der Waals surface area contributed by atoms with Gasteiger partial charge in [-0.05, 0) is 17.6 Å². The molecule has 0 bridgehead atoms. The van der Waals surface area contributed by atoms with Crippen LogP contribution in [-0.2, 0) is 0 Å². The molecule has 54 valence electrons. The molecule has 0 amide bonds. The summed E-state index contributed by atoms with van der Waals surface area (Å²) in [6.07, 6.45) is 4.28. The average Bonchev–Trinajstić information content (AvgIpc) is 1.89. The molecule has 0 heterocycles. The summed E-state index contributed by atoms with van der Waals surface area (Å²) in [5.74, 6) is 1.17. The lowest BCUT2D eigenvalue weighted by atomic mass is 10.4. The van der Waals surface area contributed by atoms with Gasteiger partial charge >= 0.3 is 0 Å². The Morgan fingerprint density at radius 3 is 2.89 bits per heavy atom. The van der Waals surface area contributed by atoms with E-state index in [-0.39, 0.29) is 6.61 Å². The number of aliphatic hydroxyl groups is 1. The van der Waals surface area contributed by atoms with Crippen molar-refractivity contribution in [2.75, 3.05) is 12.4 Å². The van der Waals surface area contributed by atoms with Gasteiger partial charge in [0.15, 0.2) is 0 Å². The van der Waals surface area contributed by atoms with Crippen LogP contribution in [0.3, 0.4) is 0 Å². The second-order valence-electron chi connectivity index (χ2n) is 1.78. The average molecular weight is 146 g/mol. The van der Waals surface area contributed by atoms with Crippen LogP contribution in [0.25, 0.3) is 0 Å². The third kappa shape index (κ3) is 8.05. The molecule has 9 heavy (non-hydrogen) atoms. The molecule has 0 aromatic heterocycles. The lowest BCUT2D eigenvalue weighted by Crippen LogP contribution is -1.73. The first-order chi connectivity index (χ1) is 4.41. The SMILES string of the molecule is CCCCS/C=C\CO. The zero-order valence-corrected chi connectivity index (χ0v) is 6.66. The molecule has 0 atom stereocenters. The van der Waals surface area contributed by atoms with Crippen molar-refractivity contribution in [2.45, 2.75) is 19.8 Å². The zero-order chi connectivity index (χ0) is 6.95. The quantitative estimate of drug-likeness (QED) is 0.599. The highest BCUT2D eigenvalue weighted by molar-refractivity contribution is 8.02. The van der Waals surface area contributed by atoms with Crippen molar-refractivity contribution >= 4 is 11.8 Å². The van der Waals surface area contributed by atoms with Gasteiger partial charge in [0.1, 0.15) is 0 Å². The number of thioether (sulfide) groups is 1. The molecule has 0 saturated carbocycles. The molecular formula is C7H14OS. The van der Waals surface area contributed by atoms with Crippen LogP contribution in [0.1, 0.15) is 19.8 Å². The molecule has 0 aromatic rings. The minimum Gasteiger partial charge on any atom is -0.392 e. The topological polar surface area (TPSA) is 20.2 Å². The van der Waals surface area contributed by atoms with Crippen LogP contribution in [0.15, 0.2) is 11.5 Å². The predicted molar refractivity (Wildman–Crippen MR) is 43.6 cm³/mol. The van der Waals surface area contributed by atoms with E-state index < -0.39 is 0 Å². The first-order valence-electron chi connectivity index (χ1n) is 3.29. The smallest absolute Gasteiger partial charge is 0.0620 e. The molecule has 2 heteroatoms. The molecule has 0 aromatic carbocycles. The van der Waals surface area contributed by atoms with Crippen molar-refractivity contribution in [2.24, 2.45) is 0 Å². The van der Waals surface area contributed by atoms with E-state index >= 15 is 0 Å². The number of hydrogen-bond acceptors (Lipinski definition) is 2. The van der Waals surface area contributed by atoms with Gasteiger partial charge < -0.3 is 5.11 Å². The Kier molecular flexibility index (Phi) is 8.09. The summed E-state index contributed by atoms with van der Waals surface area (Å²) in [5, 5.41) is 10.3. The Bertz CT molecular complexity index is 71.3. The minimum atomic E-state index is 0.166. The third-order valence-corrected chi connectivity index (χ3v) is 1.82. The first kappa shape index (κ1) is 9.05. The Hall–Kier alpha value is 0.0500. The zero-order valence-electron chi connectivity index (χ0n) is 5.84. The van der Waals surface area contributed by atoms with E-state index in [0.29, 0.717) is 0 Å². The lowest BCUT2D eigenvalue weighted by Gasteiger charge is -1.89. The van der Waals surface area contributed by atoms with E-state index in [2.05, 4.69) is 6.92 Å². The van der Waals surface area contributed by atoms with Gasteiger partial charge in [0.2, 0.25) is 0 Å². The summed E-state index contributed by atoms with van der Waals surface area (Å²) in [6, 6.07) is 0. The molecule has 0 spiro atoms. The fraction of sp³-hybridized carbons (Fsp3) is 0.714. The summed E-state index contributed by atoms with van der Waals surface area (Å²) in [4.78, 5) is 0. The van der Waals surface area contributed by atoms with Crippen LogP contribution < -0.4 is 0 Å². The highest BCUT2D eigenvalue weighted by atomic mass is 32.2. The van der Waals surface area contributed by atoms with Gasteiger partial charge in [-0.3, -0.25) is 0 Å². The van der Waals surface area contributed by atoms with Gasteiger partial charge in [-0.25, -0.2) is 0 Å². The summed E-state index contributed by atoms with van der Waals surface area (Å²) in [5.41, 5.74) is 0. The van der Waals surface area contributed by atoms with Crippen molar-refractivity contribution < 1.29 is 5.11 Å². The monoisotopic (exact) mass is 146 g/mol. The van der Waals surface area contributed by atoms with Gasteiger partial charge in [0.25, 0.3) is 0 Å². The Balaban J connectivity index is 2.82. The molecule has 0 saturated heterocycles. The van der Waals surface area contributed by atoms with E-state index in [1.165, 1.54) is 18.6 Å². The summed E-state index contributed by atoms with van der Waals surface area (Å²) in [7, 11) is 0. The number of unbranched alkanes of at least 4 members (excludes halogenated alkanes) is 1. The van der Waals surface area contributed by atoms with Gasteiger partial charge in [-0.2, -0.15) is 0 Å². The molecule has 0 unspecified atom stereocenters. The van der Waals surface area contributed by atoms with Crippen LogP contribution in [0.2, 0.25) is 0 Å². The highest BCUT2D eigenvalue weighted by Gasteiger charge is 1.79. The summed E-state index contributed by atoms with van der Waals surface area (Å²) in [6.45, 7) is 2.34. The number of hydrogen-bond donors (Lipinski definition) is 1.